The molecule has 1 aliphatic heterocycles. The van der Waals surface area contributed by atoms with Crippen LogP contribution in [-0.2, 0) is 16.1 Å². The van der Waals surface area contributed by atoms with E-state index >= 15 is 0 Å². The number of allylic oxidation sites excluding steroid dienone is 1. The largest absolute Gasteiger partial charge is 0.496 e. The molecule has 154 valence electrons. The Hall–Kier alpha value is -2.65. The number of hydrogen-bond donors (Lipinski definition) is 3. The molecule has 0 radical (unpaired) electrons. The van der Waals surface area contributed by atoms with Gasteiger partial charge in [-0.15, -0.1) is 11.8 Å². The van der Waals surface area contributed by atoms with Crippen LogP contribution in [-0.4, -0.2) is 41.5 Å². The molecule has 2 aromatic rings. The Morgan fingerprint density at radius 1 is 1.34 bits per heavy atom. The summed E-state index contributed by atoms with van der Waals surface area (Å²) in [6.45, 7) is 4.50. The molecule has 1 aromatic carbocycles. The first-order valence-electron chi connectivity index (χ1n) is 8.83. The average molecular weight is 437 g/mol. The van der Waals surface area contributed by atoms with Gasteiger partial charge in [0.1, 0.15) is 16.4 Å². The smallest absolute Gasteiger partial charge is 0.265 e. The second-order valence-electron chi connectivity index (χ2n) is 6.27. The first-order chi connectivity index (χ1) is 13.9. The number of methoxy groups -OCH3 is 1. The quantitative estimate of drug-likeness (QED) is 0.642. The highest BCUT2D eigenvalue weighted by Crippen LogP contribution is 2.33. The molecule has 29 heavy (non-hydrogen) atoms. The van der Waals surface area contributed by atoms with E-state index in [1.807, 2.05) is 6.92 Å². The minimum Gasteiger partial charge on any atom is -0.496 e. The monoisotopic (exact) mass is 436 g/mol. The average Bonchev–Trinajstić information content (AvgIpc) is 3.12. The number of nitrogens with one attached hydrogen (secondary N) is 3. The molecule has 3 N–H and O–H groups in total. The highest BCUT2D eigenvalue weighted by molar-refractivity contribution is 8.04. The van der Waals surface area contributed by atoms with Gasteiger partial charge in [0.15, 0.2) is 0 Å². The molecule has 0 unspecified atom stereocenters. The standard InChI is InChI=1S/C19H21ClN4O4S/c1-10-12(9-22-24-10)8-21-18(25)13-6-14(20)15(7-16(13)27-3)23-19(26)17-11(2)28-4-5-29-17/h6-7,9H,4-5,8H2,1-3H3,(H,21,25)(H,22,24)(H,23,26). The second kappa shape index (κ2) is 9.23. The van der Waals surface area contributed by atoms with E-state index in [9.17, 15) is 9.59 Å². The van der Waals surface area contributed by atoms with E-state index < -0.39 is 0 Å². The van der Waals surface area contributed by atoms with Gasteiger partial charge in [0.05, 0.1) is 36.2 Å². The summed E-state index contributed by atoms with van der Waals surface area (Å²) in [5.41, 5.74) is 2.37. The van der Waals surface area contributed by atoms with E-state index in [2.05, 4.69) is 20.8 Å². The molecule has 1 aliphatic rings. The van der Waals surface area contributed by atoms with Crippen molar-refractivity contribution in [3.05, 3.63) is 50.8 Å². The highest BCUT2D eigenvalue weighted by atomic mass is 35.5. The van der Waals surface area contributed by atoms with E-state index in [1.165, 1.54) is 31.0 Å². The van der Waals surface area contributed by atoms with Crippen LogP contribution in [0.15, 0.2) is 29.0 Å². The third-order valence-corrected chi connectivity index (χ3v) is 5.78. The summed E-state index contributed by atoms with van der Waals surface area (Å²) in [4.78, 5) is 25.7. The van der Waals surface area contributed by atoms with Crippen molar-refractivity contribution in [1.82, 2.24) is 15.5 Å². The summed E-state index contributed by atoms with van der Waals surface area (Å²) in [6, 6.07) is 3.00. The molecule has 0 bridgehead atoms. The second-order valence-corrected chi connectivity index (χ2v) is 7.78. The number of hydrogen-bond acceptors (Lipinski definition) is 6. The fourth-order valence-corrected chi connectivity index (χ4v) is 3.76. The maximum atomic E-state index is 12.6. The van der Waals surface area contributed by atoms with Gasteiger partial charge < -0.3 is 20.1 Å². The van der Waals surface area contributed by atoms with E-state index in [4.69, 9.17) is 21.1 Å². The van der Waals surface area contributed by atoms with Gasteiger partial charge in [-0.1, -0.05) is 11.6 Å². The molecular weight excluding hydrogens is 416 g/mol. The molecule has 2 amide bonds. The molecule has 0 saturated carbocycles. The molecule has 8 nitrogen and oxygen atoms in total. The summed E-state index contributed by atoms with van der Waals surface area (Å²) < 4.78 is 10.8. The van der Waals surface area contributed by atoms with Crippen molar-refractivity contribution >= 4 is 40.9 Å². The van der Waals surface area contributed by atoms with Crippen molar-refractivity contribution < 1.29 is 19.1 Å². The number of carbonyl (C=O) groups excluding carboxylic acids is 2. The van der Waals surface area contributed by atoms with Crippen LogP contribution in [0.3, 0.4) is 0 Å². The molecule has 0 saturated heterocycles. The Balaban J connectivity index is 1.77. The van der Waals surface area contributed by atoms with Crippen LogP contribution >= 0.6 is 23.4 Å². The summed E-state index contributed by atoms with van der Waals surface area (Å²) in [7, 11) is 1.45. The lowest BCUT2D eigenvalue weighted by Crippen LogP contribution is -2.24. The van der Waals surface area contributed by atoms with Crippen LogP contribution in [0.4, 0.5) is 5.69 Å². The Morgan fingerprint density at radius 3 is 2.79 bits per heavy atom. The van der Waals surface area contributed by atoms with Gasteiger partial charge in [0, 0.05) is 29.6 Å². The number of ether oxygens (including phenoxy) is 2. The molecule has 0 atom stereocenters. The van der Waals surface area contributed by atoms with Gasteiger partial charge in [-0.25, -0.2) is 0 Å². The van der Waals surface area contributed by atoms with Crippen molar-refractivity contribution in [2.45, 2.75) is 20.4 Å². The number of benzene rings is 1. The Morgan fingerprint density at radius 2 is 2.14 bits per heavy atom. The lowest BCUT2D eigenvalue weighted by atomic mass is 10.1. The number of nitrogens with zero attached hydrogens (tertiary/aromatic N) is 1. The van der Waals surface area contributed by atoms with Crippen LogP contribution in [0.2, 0.25) is 5.02 Å². The molecule has 3 rings (SSSR count). The van der Waals surface area contributed by atoms with Gasteiger partial charge in [-0.3, -0.25) is 14.7 Å². The lowest BCUT2D eigenvalue weighted by Gasteiger charge is -2.18. The zero-order chi connectivity index (χ0) is 21.0. The minimum atomic E-state index is -0.350. The normalized spacial score (nSPS) is 13.7. The van der Waals surface area contributed by atoms with Crippen LogP contribution in [0.1, 0.15) is 28.5 Å². The van der Waals surface area contributed by atoms with E-state index in [1.54, 1.807) is 13.1 Å². The number of carbonyl (C=O) groups is 2. The molecule has 10 heteroatoms. The van der Waals surface area contributed by atoms with Gasteiger partial charge in [0.2, 0.25) is 0 Å². The van der Waals surface area contributed by atoms with Gasteiger partial charge >= 0.3 is 0 Å². The number of H-pyrrole nitrogens is 1. The number of aryl methyl sites for hydroxylation is 1. The van der Waals surface area contributed by atoms with Crippen LogP contribution in [0.25, 0.3) is 0 Å². The molecule has 0 spiro atoms. The first-order valence-corrected chi connectivity index (χ1v) is 10.2. The van der Waals surface area contributed by atoms with E-state index in [0.29, 0.717) is 41.0 Å². The molecule has 0 aliphatic carbocycles. The first kappa shape index (κ1) is 21.1. The lowest BCUT2D eigenvalue weighted by molar-refractivity contribution is -0.112. The van der Waals surface area contributed by atoms with E-state index in [-0.39, 0.29) is 22.4 Å². The Kier molecular flexibility index (Phi) is 6.71. The molecule has 2 heterocycles. The third-order valence-electron chi connectivity index (χ3n) is 4.33. The van der Waals surface area contributed by atoms with E-state index in [0.717, 1.165) is 11.3 Å². The summed E-state index contributed by atoms with van der Waals surface area (Å²) in [5.74, 6) is 0.907. The fourth-order valence-electron chi connectivity index (χ4n) is 2.73. The van der Waals surface area contributed by atoms with Gasteiger partial charge in [0.25, 0.3) is 11.8 Å². The van der Waals surface area contributed by atoms with Crippen molar-refractivity contribution in [1.29, 1.82) is 0 Å². The zero-order valence-corrected chi connectivity index (χ0v) is 17.8. The molecule has 1 aromatic heterocycles. The summed E-state index contributed by atoms with van der Waals surface area (Å²) >= 11 is 7.75. The topological polar surface area (TPSA) is 105 Å². The van der Waals surface area contributed by atoms with Crippen LogP contribution in [0.5, 0.6) is 5.75 Å². The predicted octanol–water partition coefficient (Wildman–Crippen LogP) is 3.24. The van der Waals surface area contributed by atoms with Crippen molar-refractivity contribution in [2.24, 2.45) is 0 Å². The van der Waals surface area contributed by atoms with Crippen LogP contribution < -0.4 is 15.4 Å². The fraction of sp³-hybridized carbons (Fsp3) is 0.316. The minimum absolute atomic E-state index is 0.226. The molecule has 0 fully saturated rings. The number of thioether (sulfide) groups is 1. The SMILES string of the molecule is COc1cc(NC(=O)C2=C(C)OCCS2)c(Cl)cc1C(=O)NCc1cn[nH]c1C. The van der Waals surface area contributed by atoms with Gasteiger partial charge in [-0.05, 0) is 19.9 Å². The van der Waals surface area contributed by atoms with Crippen molar-refractivity contribution in [3.8, 4) is 5.75 Å². The van der Waals surface area contributed by atoms with Gasteiger partial charge in [-0.2, -0.15) is 5.10 Å². The van der Waals surface area contributed by atoms with Crippen molar-refractivity contribution in [3.63, 3.8) is 0 Å². The predicted molar refractivity (Wildman–Crippen MR) is 112 cm³/mol. The van der Waals surface area contributed by atoms with Crippen molar-refractivity contribution in [2.75, 3.05) is 24.8 Å². The third kappa shape index (κ3) is 4.86. The Bertz CT molecular complexity index is 973. The highest BCUT2D eigenvalue weighted by Gasteiger charge is 2.22. The maximum Gasteiger partial charge on any atom is 0.265 e. The zero-order valence-electron chi connectivity index (χ0n) is 16.2. The molecular formula is C19H21ClN4O4S. The number of amides is 2. The Labute approximate surface area is 177 Å². The maximum absolute atomic E-state index is 12.6. The summed E-state index contributed by atoms with van der Waals surface area (Å²) in [5, 5.41) is 12.5. The number of rotatable bonds is 6. The number of anilines is 1. The number of halogens is 1. The number of aromatic nitrogens is 2. The number of aromatic amines is 1. The summed E-state index contributed by atoms with van der Waals surface area (Å²) in [6.07, 6.45) is 1.65. The van der Waals surface area contributed by atoms with Crippen LogP contribution in [0, 0.1) is 6.92 Å².